The van der Waals surface area contributed by atoms with E-state index in [4.69, 9.17) is 0 Å². The third kappa shape index (κ3) is 4.62. The van der Waals surface area contributed by atoms with Gasteiger partial charge in [0.05, 0.1) is 5.92 Å². The summed E-state index contributed by atoms with van der Waals surface area (Å²) in [6.07, 6.45) is 2.57. The van der Waals surface area contributed by atoms with Crippen molar-refractivity contribution in [3.05, 3.63) is 94.2 Å². The highest BCUT2D eigenvalue weighted by Gasteiger charge is 2.35. The highest BCUT2D eigenvalue weighted by molar-refractivity contribution is 7.07. The van der Waals surface area contributed by atoms with Gasteiger partial charge in [0.2, 0.25) is 11.8 Å². The van der Waals surface area contributed by atoms with Crippen LogP contribution in [-0.2, 0) is 16.1 Å². The van der Waals surface area contributed by atoms with Crippen LogP contribution in [0, 0.1) is 0 Å². The van der Waals surface area contributed by atoms with Crippen LogP contribution in [0.2, 0.25) is 0 Å². The summed E-state index contributed by atoms with van der Waals surface area (Å²) in [5.41, 5.74) is 2.95. The van der Waals surface area contributed by atoms with Crippen molar-refractivity contribution in [3.8, 4) is 0 Å². The first-order chi connectivity index (χ1) is 14.7. The molecule has 4 nitrogen and oxygen atoms in total. The van der Waals surface area contributed by atoms with Gasteiger partial charge in [0.1, 0.15) is 6.04 Å². The summed E-state index contributed by atoms with van der Waals surface area (Å²) >= 11 is 1.61. The number of hydrogen-bond donors (Lipinski definition) is 1. The lowest BCUT2D eigenvalue weighted by molar-refractivity contribution is -0.141. The molecule has 0 aliphatic carbocycles. The summed E-state index contributed by atoms with van der Waals surface area (Å²) in [5.74, 6) is -0.515. The van der Waals surface area contributed by atoms with Crippen LogP contribution in [0.3, 0.4) is 0 Å². The van der Waals surface area contributed by atoms with E-state index in [1.807, 2.05) is 72.1 Å². The van der Waals surface area contributed by atoms with E-state index in [0.29, 0.717) is 19.5 Å². The molecule has 1 aromatic heterocycles. The van der Waals surface area contributed by atoms with Gasteiger partial charge >= 0.3 is 0 Å². The van der Waals surface area contributed by atoms with E-state index in [1.165, 1.54) is 0 Å². The number of benzene rings is 2. The summed E-state index contributed by atoms with van der Waals surface area (Å²) in [5, 5.41) is 7.06. The SMILES string of the molecule is O=C1NCCCCC1N(Cc1ccsc1)C(=O)C(c1ccccc1)c1ccccc1. The molecule has 2 aromatic carbocycles. The Bertz CT molecular complexity index is 918. The third-order valence-electron chi connectivity index (χ3n) is 5.61. The van der Waals surface area contributed by atoms with E-state index in [9.17, 15) is 9.59 Å². The number of nitrogens with zero attached hydrogens (tertiary/aromatic N) is 1. The van der Waals surface area contributed by atoms with Gasteiger partial charge in [0, 0.05) is 13.1 Å². The quantitative estimate of drug-likeness (QED) is 0.637. The Balaban J connectivity index is 1.74. The maximum Gasteiger partial charge on any atom is 0.242 e. The fourth-order valence-electron chi connectivity index (χ4n) is 4.08. The minimum atomic E-state index is -0.449. The lowest BCUT2D eigenvalue weighted by Gasteiger charge is -2.33. The Morgan fingerprint density at radius 2 is 1.67 bits per heavy atom. The van der Waals surface area contributed by atoms with E-state index in [2.05, 4.69) is 10.7 Å². The Hall–Kier alpha value is -2.92. The van der Waals surface area contributed by atoms with Crippen LogP contribution in [0.5, 0.6) is 0 Å². The van der Waals surface area contributed by atoms with E-state index >= 15 is 0 Å². The molecule has 5 heteroatoms. The van der Waals surface area contributed by atoms with Crippen LogP contribution >= 0.6 is 11.3 Å². The van der Waals surface area contributed by atoms with Crippen molar-refractivity contribution in [2.75, 3.05) is 6.54 Å². The molecule has 1 fully saturated rings. The largest absolute Gasteiger partial charge is 0.354 e. The summed E-state index contributed by atoms with van der Waals surface area (Å²) in [6.45, 7) is 1.12. The van der Waals surface area contributed by atoms with Crippen LogP contribution in [0.4, 0.5) is 0 Å². The first-order valence-electron chi connectivity index (χ1n) is 10.4. The average molecular weight is 419 g/mol. The van der Waals surface area contributed by atoms with Crippen molar-refractivity contribution in [1.82, 2.24) is 10.2 Å². The van der Waals surface area contributed by atoms with E-state index in [0.717, 1.165) is 29.5 Å². The zero-order valence-electron chi connectivity index (χ0n) is 16.9. The van der Waals surface area contributed by atoms with E-state index in [-0.39, 0.29) is 11.8 Å². The normalized spacial score (nSPS) is 16.7. The van der Waals surface area contributed by atoms with Crippen molar-refractivity contribution in [2.45, 2.75) is 37.8 Å². The number of carbonyl (C=O) groups excluding carboxylic acids is 2. The van der Waals surface area contributed by atoms with Crippen molar-refractivity contribution in [3.63, 3.8) is 0 Å². The van der Waals surface area contributed by atoms with Crippen molar-refractivity contribution < 1.29 is 9.59 Å². The number of rotatable bonds is 6. The molecule has 0 bridgehead atoms. The summed E-state index contributed by atoms with van der Waals surface area (Å²) in [4.78, 5) is 28.8. The standard InChI is InChI=1S/C25H26N2O2S/c28-24-22(13-7-8-15-26-24)27(17-19-14-16-30-18-19)25(29)23(20-9-3-1-4-10-20)21-11-5-2-6-12-21/h1-6,9-12,14,16,18,22-23H,7-8,13,15,17H2,(H,26,28). The molecular formula is C25H26N2O2S. The monoisotopic (exact) mass is 418 g/mol. The molecule has 154 valence electrons. The van der Waals surface area contributed by atoms with Crippen LogP contribution in [0.15, 0.2) is 77.5 Å². The Morgan fingerprint density at radius 1 is 1.00 bits per heavy atom. The van der Waals surface area contributed by atoms with Gasteiger partial charge < -0.3 is 10.2 Å². The molecular weight excluding hydrogens is 392 g/mol. The smallest absolute Gasteiger partial charge is 0.242 e. The maximum absolute atomic E-state index is 14.1. The molecule has 1 aliphatic rings. The predicted octanol–water partition coefficient (Wildman–Crippen LogP) is 4.58. The molecule has 0 radical (unpaired) electrons. The maximum atomic E-state index is 14.1. The molecule has 2 amide bonds. The second-order valence-corrected chi connectivity index (χ2v) is 8.43. The van der Waals surface area contributed by atoms with Gasteiger partial charge in [0.15, 0.2) is 0 Å². The molecule has 1 saturated heterocycles. The molecule has 1 unspecified atom stereocenters. The van der Waals surface area contributed by atoms with Gasteiger partial charge in [-0.15, -0.1) is 0 Å². The van der Waals surface area contributed by atoms with Crippen LogP contribution in [-0.4, -0.2) is 29.3 Å². The van der Waals surface area contributed by atoms with E-state index < -0.39 is 12.0 Å². The van der Waals surface area contributed by atoms with Gasteiger partial charge in [0.25, 0.3) is 0 Å². The highest BCUT2D eigenvalue weighted by atomic mass is 32.1. The topological polar surface area (TPSA) is 49.4 Å². The number of hydrogen-bond acceptors (Lipinski definition) is 3. The number of thiophene rings is 1. The van der Waals surface area contributed by atoms with Gasteiger partial charge in [-0.3, -0.25) is 9.59 Å². The van der Waals surface area contributed by atoms with Crippen molar-refractivity contribution >= 4 is 23.2 Å². The van der Waals surface area contributed by atoms with Gasteiger partial charge in [-0.25, -0.2) is 0 Å². The highest BCUT2D eigenvalue weighted by Crippen LogP contribution is 2.30. The lowest BCUT2D eigenvalue weighted by atomic mass is 9.89. The first-order valence-corrected chi connectivity index (χ1v) is 11.4. The molecule has 4 rings (SSSR count). The fraction of sp³-hybridized carbons (Fsp3) is 0.280. The van der Waals surface area contributed by atoms with Gasteiger partial charge in [-0.1, -0.05) is 60.7 Å². The van der Waals surface area contributed by atoms with E-state index in [1.54, 1.807) is 16.2 Å². The number of nitrogens with one attached hydrogen (secondary N) is 1. The minimum absolute atomic E-state index is 0.0272. The summed E-state index contributed by atoms with van der Waals surface area (Å²) in [7, 11) is 0. The summed E-state index contributed by atoms with van der Waals surface area (Å²) in [6, 6.07) is 21.3. The third-order valence-corrected chi connectivity index (χ3v) is 6.34. The molecule has 1 N–H and O–H groups in total. The van der Waals surface area contributed by atoms with Gasteiger partial charge in [-0.05, 0) is 52.8 Å². The van der Waals surface area contributed by atoms with Crippen LogP contribution < -0.4 is 5.32 Å². The second kappa shape index (κ2) is 9.72. The average Bonchev–Trinajstić information content (AvgIpc) is 3.21. The minimum Gasteiger partial charge on any atom is -0.354 e. The molecule has 1 aliphatic heterocycles. The number of carbonyl (C=O) groups is 2. The fourth-order valence-corrected chi connectivity index (χ4v) is 4.74. The zero-order chi connectivity index (χ0) is 20.8. The van der Waals surface area contributed by atoms with Crippen molar-refractivity contribution in [1.29, 1.82) is 0 Å². The van der Waals surface area contributed by atoms with Crippen LogP contribution in [0.1, 0.15) is 41.9 Å². The first kappa shape index (κ1) is 20.4. The lowest BCUT2D eigenvalue weighted by Crippen LogP contribution is -2.49. The molecule has 2 heterocycles. The molecule has 1 atom stereocenters. The Labute approximate surface area is 181 Å². The van der Waals surface area contributed by atoms with Gasteiger partial charge in [-0.2, -0.15) is 11.3 Å². The van der Waals surface area contributed by atoms with Crippen LogP contribution in [0.25, 0.3) is 0 Å². The number of amides is 2. The van der Waals surface area contributed by atoms with Crippen molar-refractivity contribution in [2.24, 2.45) is 0 Å². The summed E-state index contributed by atoms with van der Waals surface area (Å²) < 4.78 is 0. The predicted molar refractivity (Wildman–Crippen MR) is 120 cm³/mol. The molecule has 0 saturated carbocycles. The molecule has 30 heavy (non-hydrogen) atoms. The Morgan fingerprint density at radius 3 is 2.27 bits per heavy atom. The second-order valence-electron chi connectivity index (χ2n) is 7.65. The zero-order valence-corrected chi connectivity index (χ0v) is 17.7. The molecule has 3 aromatic rings. The molecule has 0 spiro atoms. The Kier molecular flexibility index (Phi) is 6.60.